The van der Waals surface area contributed by atoms with Crippen molar-refractivity contribution in [2.75, 3.05) is 0 Å². The van der Waals surface area contributed by atoms with Crippen molar-refractivity contribution in [2.24, 2.45) is 0 Å². The summed E-state index contributed by atoms with van der Waals surface area (Å²) in [6.07, 6.45) is 0. The zero-order chi connectivity index (χ0) is 11.2. The van der Waals surface area contributed by atoms with Crippen LogP contribution in [0.4, 0.5) is 0 Å². The molecule has 2 nitrogen and oxygen atoms in total. The van der Waals surface area contributed by atoms with Crippen LogP contribution in [0.15, 0.2) is 22.7 Å². The molecule has 0 aliphatic heterocycles. The average molecular weight is 268 g/mol. The largest absolute Gasteiger partial charge is 0.384 e. The van der Waals surface area contributed by atoms with Crippen molar-refractivity contribution < 1.29 is 5.11 Å². The van der Waals surface area contributed by atoms with Gasteiger partial charge in [-0.1, -0.05) is 0 Å². The summed E-state index contributed by atoms with van der Waals surface area (Å²) in [5, 5.41) is 11.0. The molecular weight excluding hydrogens is 254 g/mol. The molecule has 0 spiro atoms. The molecule has 0 unspecified atom stereocenters. The number of benzene rings is 1. The molecule has 0 saturated heterocycles. The van der Waals surface area contributed by atoms with Gasteiger partial charge in [0, 0.05) is 15.6 Å². The fraction of sp³-hybridized carbons (Fsp3) is 0.333. The van der Waals surface area contributed by atoms with Crippen LogP contribution in [0.25, 0.3) is 10.9 Å². The lowest BCUT2D eigenvalue weighted by atomic mass is 10.1. The fourth-order valence-electron chi connectivity index (χ4n) is 1.67. The summed E-state index contributed by atoms with van der Waals surface area (Å²) in [5.74, 6) is 0. The number of nitrogens with one attached hydrogen (secondary N) is 1. The lowest BCUT2D eigenvalue weighted by Gasteiger charge is -2.14. The maximum absolute atomic E-state index is 9.90. The van der Waals surface area contributed by atoms with Gasteiger partial charge in [0.25, 0.3) is 0 Å². The predicted molar refractivity (Wildman–Crippen MR) is 66.0 cm³/mol. The van der Waals surface area contributed by atoms with Crippen LogP contribution in [0.3, 0.4) is 0 Å². The van der Waals surface area contributed by atoms with Gasteiger partial charge < -0.3 is 10.1 Å². The molecule has 2 aromatic rings. The number of H-pyrrole nitrogens is 1. The molecule has 0 amide bonds. The van der Waals surface area contributed by atoms with E-state index in [4.69, 9.17) is 0 Å². The third kappa shape index (κ3) is 1.94. The minimum absolute atomic E-state index is 0.827. The second-order valence-corrected chi connectivity index (χ2v) is 5.31. The zero-order valence-corrected chi connectivity index (χ0v) is 10.6. The van der Waals surface area contributed by atoms with Gasteiger partial charge in [0.1, 0.15) is 0 Å². The van der Waals surface area contributed by atoms with Gasteiger partial charge in [0.15, 0.2) is 0 Å². The fourth-order valence-corrected chi connectivity index (χ4v) is 2.36. The van der Waals surface area contributed by atoms with Crippen molar-refractivity contribution in [3.63, 3.8) is 0 Å². The quantitative estimate of drug-likeness (QED) is 0.816. The first kappa shape index (κ1) is 10.7. The van der Waals surface area contributed by atoms with Crippen molar-refractivity contribution in [3.8, 4) is 0 Å². The standard InChI is InChI=1S/C12H14BrNO/c1-7-4-8-6-10(12(2,3)15)14-11(8)9(13)5-7/h4-6,14-15H,1-3H3. The van der Waals surface area contributed by atoms with Crippen LogP contribution in [-0.2, 0) is 5.60 Å². The van der Waals surface area contributed by atoms with Crippen molar-refractivity contribution in [3.05, 3.63) is 33.9 Å². The molecule has 0 aliphatic carbocycles. The van der Waals surface area contributed by atoms with Crippen LogP contribution < -0.4 is 0 Å². The van der Waals surface area contributed by atoms with E-state index >= 15 is 0 Å². The smallest absolute Gasteiger partial charge is 0.0987 e. The predicted octanol–water partition coefficient (Wildman–Crippen LogP) is 3.47. The minimum atomic E-state index is -0.827. The molecular formula is C12H14BrNO. The van der Waals surface area contributed by atoms with E-state index in [2.05, 4.69) is 40.0 Å². The second-order valence-electron chi connectivity index (χ2n) is 4.45. The van der Waals surface area contributed by atoms with Crippen LogP contribution in [-0.4, -0.2) is 10.1 Å². The Balaban J connectivity index is 2.71. The molecule has 0 fully saturated rings. The number of hydrogen-bond acceptors (Lipinski definition) is 1. The maximum Gasteiger partial charge on any atom is 0.0987 e. The van der Waals surface area contributed by atoms with Crippen molar-refractivity contribution in [1.29, 1.82) is 0 Å². The molecule has 0 bridgehead atoms. The third-order valence-electron chi connectivity index (χ3n) is 2.48. The van der Waals surface area contributed by atoms with Crippen LogP contribution in [0.5, 0.6) is 0 Å². The van der Waals surface area contributed by atoms with E-state index in [1.165, 1.54) is 5.56 Å². The summed E-state index contributed by atoms with van der Waals surface area (Å²) in [4.78, 5) is 3.23. The Kier molecular flexibility index (Phi) is 2.40. The molecule has 1 aromatic carbocycles. The molecule has 1 aromatic heterocycles. The van der Waals surface area contributed by atoms with Gasteiger partial charge in [-0.2, -0.15) is 0 Å². The van der Waals surface area contributed by atoms with E-state index in [9.17, 15) is 5.11 Å². The first-order valence-corrected chi connectivity index (χ1v) is 5.69. The van der Waals surface area contributed by atoms with Gasteiger partial charge in [-0.05, 0) is 60.5 Å². The molecule has 1 heterocycles. The Morgan fingerprint density at radius 1 is 1.27 bits per heavy atom. The Labute approximate surface area is 97.4 Å². The number of fused-ring (bicyclic) bond motifs is 1. The molecule has 80 valence electrons. The molecule has 0 aliphatic rings. The van der Waals surface area contributed by atoms with Gasteiger partial charge in [-0.3, -0.25) is 0 Å². The third-order valence-corrected chi connectivity index (χ3v) is 3.11. The highest BCUT2D eigenvalue weighted by Gasteiger charge is 2.19. The number of aliphatic hydroxyl groups is 1. The number of aromatic amines is 1. The lowest BCUT2D eigenvalue weighted by Crippen LogP contribution is -2.15. The van der Waals surface area contributed by atoms with E-state index in [1.807, 2.05) is 6.07 Å². The van der Waals surface area contributed by atoms with Crippen LogP contribution >= 0.6 is 15.9 Å². The molecule has 2 rings (SSSR count). The number of halogens is 1. The topological polar surface area (TPSA) is 36.0 Å². The molecule has 0 atom stereocenters. The van der Waals surface area contributed by atoms with Crippen LogP contribution in [0.2, 0.25) is 0 Å². The van der Waals surface area contributed by atoms with Gasteiger partial charge in [-0.25, -0.2) is 0 Å². The average Bonchev–Trinajstić information content (AvgIpc) is 2.46. The highest BCUT2D eigenvalue weighted by molar-refractivity contribution is 9.10. The zero-order valence-electron chi connectivity index (χ0n) is 9.06. The molecule has 15 heavy (non-hydrogen) atoms. The second kappa shape index (κ2) is 3.35. The summed E-state index contributed by atoms with van der Waals surface area (Å²) in [6.45, 7) is 5.61. The van der Waals surface area contributed by atoms with Crippen molar-refractivity contribution in [2.45, 2.75) is 26.4 Å². The monoisotopic (exact) mass is 267 g/mol. The van der Waals surface area contributed by atoms with Crippen LogP contribution in [0.1, 0.15) is 25.1 Å². The number of rotatable bonds is 1. The number of aromatic nitrogens is 1. The number of hydrogen-bond donors (Lipinski definition) is 2. The Morgan fingerprint density at radius 2 is 1.93 bits per heavy atom. The van der Waals surface area contributed by atoms with E-state index in [-0.39, 0.29) is 0 Å². The summed E-state index contributed by atoms with van der Waals surface area (Å²) >= 11 is 3.51. The van der Waals surface area contributed by atoms with Gasteiger partial charge in [0.05, 0.1) is 11.1 Å². The van der Waals surface area contributed by atoms with Crippen LogP contribution in [0, 0.1) is 6.92 Å². The van der Waals surface area contributed by atoms with Gasteiger partial charge in [-0.15, -0.1) is 0 Å². The summed E-state index contributed by atoms with van der Waals surface area (Å²) in [5.41, 5.74) is 2.25. The minimum Gasteiger partial charge on any atom is -0.384 e. The molecule has 0 radical (unpaired) electrons. The van der Waals surface area contributed by atoms with E-state index < -0.39 is 5.60 Å². The number of aryl methyl sites for hydroxylation is 1. The Bertz CT molecular complexity index is 508. The lowest BCUT2D eigenvalue weighted by molar-refractivity contribution is 0.0747. The van der Waals surface area contributed by atoms with E-state index in [1.54, 1.807) is 13.8 Å². The first-order chi connectivity index (χ1) is 6.88. The summed E-state index contributed by atoms with van der Waals surface area (Å²) < 4.78 is 1.04. The molecule has 0 saturated carbocycles. The normalized spacial score (nSPS) is 12.3. The molecule has 3 heteroatoms. The Hall–Kier alpha value is -0.800. The SMILES string of the molecule is Cc1cc(Br)c2[nH]c(C(C)(C)O)cc2c1. The van der Waals surface area contributed by atoms with Gasteiger partial charge in [0.2, 0.25) is 0 Å². The van der Waals surface area contributed by atoms with E-state index in [0.29, 0.717) is 0 Å². The highest BCUT2D eigenvalue weighted by atomic mass is 79.9. The Morgan fingerprint density at radius 3 is 2.53 bits per heavy atom. The molecule has 2 N–H and O–H groups in total. The van der Waals surface area contributed by atoms with Gasteiger partial charge >= 0.3 is 0 Å². The maximum atomic E-state index is 9.90. The first-order valence-electron chi connectivity index (χ1n) is 4.89. The van der Waals surface area contributed by atoms with Crippen molar-refractivity contribution in [1.82, 2.24) is 4.98 Å². The summed E-state index contributed by atoms with van der Waals surface area (Å²) in [7, 11) is 0. The summed E-state index contributed by atoms with van der Waals surface area (Å²) in [6, 6.07) is 6.16. The van der Waals surface area contributed by atoms with E-state index in [0.717, 1.165) is 21.1 Å². The highest BCUT2D eigenvalue weighted by Crippen LogP contribution is 2.29. The van der Waals surface area contributed by atoms with Crippen molar-refractivity contribution >= 4 is 26.8 Å².